The average Bonchev–Trinajstić information content (AvgIpc) is 3.09. The highest BCUT2D eigenvalue weighted by Crippen LogP contribution is 2.31. The van der Waals surface area contributed by atoms with Crippen LogP contribution in [0.4, 0.5) is 0 Å². The molecule has 0 saturated heterocycles. The van der Waals surface area contributed by atoms with E-state index in [1.165, 1.54) is 36.8 Å². The molecule has 0 radical (unpaired) electrons. The second-order valence-corrected chi connectivity index (χ2v) is 5.55. The fraction of sp³-hybridized carbons (Fsp3) is 0.500. The lowest BCUT2D eigenvalue weighted by molar-refractivity contribution is 0.671. The van der Waals surface area contributed by atoms with Crippen LogP contribution in [0, 0.1) is 6.92 Å². The Labute approximate surface area is 114 Å². The minimum absolute atomic E-state index is 0.600. The molecule has 1 aliphatic carbocycles. The summed E-state index contributed by atoms with van der Waals surface area (Å²) in [5.74, 6) is 2.67. The second kappa shape index (κ2) is 5.55. The smallest absolute Gasteiger partial charge is 0.153 e. The molecule has 3 nitrogen and oxygen atoms in total. The van der Waals surface area contributed by atoms with E-state index in [1.807, 2.05) is 0 Å². The summed E-state index contributed by atoms with van der Waals surface area (Å²) >= 11 is 0. The molecular weight excluding hydrogens is 234 g/mol. The van der Waals surface area contributed by atoms with Crippen molar-refractivity contribution in [2.24, 2.45) is 0 Å². The molecule has 0 atom stereocenters. The average molecular weight is 255 g/mol. The summed E-state index contributed by atoms with van der Waals surface area (Å²) in [6, 6.07) is 8.56. The van der Waals surface area contributed by atoms with Crippen LogP contribution in [0.15, 0.2) is 24.3 Å². The SMILES string of the molecule is Cc1ccccc1CCc1nc(C2CCCC2)n[nH]1. The van der Waals surface area contributed by atoms with Gasteiger partial charge in [0.05, 0.1) is 0 Å². The molecule has 1 aromatic carbocycles. The minimum atomic E-state index is 0.600. The van der Waals surface area contributed by atoms with Crippen molar-refractivity contribution < 1.29 is 0 Å². The number of hydrogen-bond donors (Lipinski definition) is 1. The number of hydrogen-bond acceptors (Lipinski definition) is 2. The molecule has 1 aliphatic rings. The number of aryl methyl sites for hydroxylation is 3. The summed E-state index contributed by atoms with van der Waals surface area (Å²) in [5.41, 5.74) is 2.76. The molecule has 0 unspecified atom stereocenters. The molecule has 1 heterocycles. The molecule has 0 spiro atoms. The third-order valence-corrected chi connectivity index (χ3v) is 4.16. The van der Waals surface area contributed by atoms with Crippen molar-refractivity contribution in [3.63, 3.8) is 0 Å². The van der Waals surface area contributed by atoms with Crippen LogP contribution < -0.4 is 0 Å². The first-order valence-corrected chi connectivity index (χ1v) is 7.28. The maximum absolute atomic E-state index is 4.67. The molecule has 1 fully saturated rings. The summed E-state index contributed by atoms with van der Waals surface area (Å²) in [6.45, 7) is 2.17. The van der Waals surface area contributed by atoms with Crippen molar-refractivity contribution in [1.82, 2.24) is 15.2 Å². The maximum atomic E-state index is 4.67. The van der Waals surface area contributed by atoms with E-state index in [1.54, 1.807) is 0 Å². The van der Waals surface area contributed by atoms with E-state index >= 15 is 0 Å². The molecule has 0 aliphatic heterocycles. The molecule has 3 heteroatoms. The monoisotopic (exact) mass is 255 g/mol. The van der Waals surface area contributed by atoms with E-state index in [4.69, 9.17) is 0 Å². The third kappa shape index (κ3) is 2.86. The topological polar surface area (TPSA) is 41.6 Å². The van der Waals surface area contributed by atoms with Crippen LogP contribution in [0.5, 0.6) is 0 Å². The Morgan fingerprint density at radius 3 is 2.74 bits per heavy atom. The molecule has 2 aromatic rings. The van der Waals surface area contributed by atoms with Crippen LogP contribution in [0.25, 0.3) is 0 Å². The van der Waals surface area contributed by atoms with Crippen LogP contribution in [0.1, 0.15) is 54.4 Å². The number of rotatable bonds is 4. The largest absolute Gasteiger partial charge is 0.263 e. The highest BCUT2D eigenvalue weighted by molar-refractivity contribution is 5.26. The van der Waals surface area contributed by atoms with Crippen LogP contribution in [0.3, 0.4) is 0 Å². The second-order valence-electron chi connectivity index (χ2n) is 5.55. The Morgan fingerprint density at radius 1 is 1.16 bits per heavy atom. The molecule has 19 heavy (non-hydrogen) atoms. The van der Waals surface area contributed by atoms with E-state index < -0.39 is 0 Å². The lowest BCUT2D eigenvalue weighted by Gasteiger charge is -2.03. The van der Waals surface area contributed by atoms with Crippen molar-refractivity contribution in [2.45, 2.75) is 51.4 Å². The maximum Gasteiger partial charge on any atom is 0.153 e. The van der Waals surface area contributed by atoms with Crippen molar-refractivity contribution in [1.29, 1.82) is 0 Å². The molecule has 0 amide bonds. The van der Waals surface area contributed by atoms with Crippen LogP contribution >= 0.6 is 0 Å². The van der Waals surface area contributed by atoms with Crippen molar-refractivity contribution >= 4 is 0 Å². The van der Waals surface area contributed by atoms with E-state index in [0.717, 1.165) is 24.5 Å². The zero-order valence-electron chi connectivity index (χ0n) is 11.5. The standard InChI is InChI=1S/C16H21N3/c1-12-6-2-3-7-13(12)10-11-15-17-16(19-18-15)14-8-4-5-9-14/h2-3,6-7,14H,4-5,8-11H2,1H3,(H,17,18,19). The van der Waals surface area contributed by atoms with Gasteiger partial charge >= 0.3 is 0 Å². The van der Waals surface area contributed by atoms with Gasteiger partial charge in [0.1, 0.15) is 5.82 Å². The van der Waals surface area contributed by atoms with Gasteiger partial charge in [-0.15, -0.1) is 0 Å². The molecular formula is C16H21N3. The fourth-order valence-electron chi connectivity index (χ4n) is 2.93. The predicted molar refractivity (Wildman–Crippen MR) is 76.2 cm³/mol. The number of aromatic nitrogens is 3. The summed E-state index contributed by atoms with van der Waals surface area (Å²) in [5, 5.41) is 7.51. The van der Waals surface area contributed by atoms with Gasteiger partial charge in [0, 0.05) is 12.3 Å². The normalized spacial score (nSPS) is 16.1. The Kier molecular flexibility index (Phi) is 3.62. The third-order valence-electron chi connectivity index (χ3n) is 4.16. The van der Waals surface area contributed by atoms with Gasteiger partial charge in [-0.3, -0.25) is 5.10 Å². The van der Waals surface area contributed by atoms with Crippen molar-refractivity contribution in [2.75, 3.05) is 0 Å². The van der Waals surface area contributed by atoms with Crippen molar-refractivity contribution in [3.8, 4) is 0 Å². The van der Waals surface area contributed by atoms with Gasteiger partial charge in [-0.1, -0.05) is 37.1 Å². The van der Waals surface area contributed by atoms with Gasteiger partial charge in [0.25, 0.3) is 0 Å². The number of nitrogens with one attached hydrogen (secondary N) is 1. The first-order valence-electron chi connectivity index (χ1n) is 7.28. The molecule has 1 aromatic heterocycles. The van der Waals surface area contributed by atoms with E-state index in [9.17, 15) is 0 Å². The molecule has 1 N–H and O–H groups in total. The fourth-order valence-corrected chi connectivity index (χ4v) is 2.93. The number of benzene rings is 1. The molecule has 100 valence electrons. The summed E-state index contributed by atoms with van der Waals surface area (Å²) in [6.07, 6.45) is 7.16. The molecule has 3 rings (SSSR count). The van der Waals surface area contributed by atoms with Gasteiger partial charge in [0.2, 0.25) is 0 Å². The summed E-state index contributed by atoms with van der Waals surface area (Å²) in [4.78, 5) is 4.67. The quantitative estimate of drug-likeness (QED) is 0.907. The Hall–Kier alpha value is -1.64. The molecule has 1 saturated carbocycles. The Bertz CT molecular complexity index is 538. The van der Waals surface area contributed by atoms with Gasteiger partial charge in [0.15, 0.2) is 5.82 Å². The zero-order chi connectivity index (χ0) is 13.1. The lowest BCUT2D eigenvalue weighted by atomic mass is 10.0. The Balaban J connectivity index is 1.63. The summed E-state index contributed by atoms with van der Waals surface area (Å²) in [7, 11) is 0. The van der Waals surface area contributed by atoms with Crippen LogP contribution in [-0.4, -0.2) is 15.2 Å². The highest BCUT2D eigenvalue weighted by Gasteiger charge is 2.20. The van der Waals surface area contributed by atoms with Crippen molar-refractivity contribution in [3.05, 3.63) is 47.0 Å². The first-order chi connectivity index (χ1) is 9.33. The number of aromatic amines is 1. The van der Waals surface area contributed by atoms with Gasteiger partial charge < -0.3 is 0 Å². The number of nitrogens with zero attached hydrogens (tertiary/aromatic N) is 2. The highest BCUT2D eigenvalue weighted by atomic mass is 15.2. The minimum Gasteiger partial charge on any atom is -0.263 e. The predicted octanol–water partition coefficient (Wildman–Crippen LogP) is 3.56. The Morgan fingerprint density at radius 2 is 1.95 bits per heavy atom. The van der Waals surface area contributed by atoms with Gasteiger partial charge in [-0.05, 0) is 37.3 Å². The lowest BCUT2D eigenvalue weighted by Crippen LogP contribution is -1.97. The van der Waals surface area contributed by atoms with Crippen LogP contribution in [0.2, 0.25) is 0 Å². The first kappa shape index (κ1) is 12.4. The van der Waals surface area contributed by atoms with E-state index in [-0.39, 0.29) is 0 Å². The zero-order valence-corrected chi connectivity index (χ0v) is 11.5. The number of H-pyrrole nitrogens is 1. The van der Waals surface area contributed by atoms with Gasteiger partial charge in [-0.2, -0.15) is 5.10 Å². The van der Waals surface area contributed by atoms with Gasteiger partial charge in [-0.25, -0.2) is 4.98 Å². The van der Waals surface area contributed by atoms with E-state index in [0.29, 0.717) is 5.92 Å². The summed E-state index contributed by atoms with van der Waals surface area (Å²) < 4.78 is 0. The molecule has 0 bridgehead atoms. The van der Waals surface area contributed by atoms with E-state index in [2.05, 4.69) is 46.4 Å². The van der Waals surface area contributed by atoms with Crippen LogP contribution in [-0.2, 0) is 12.8 Å².